The maximum Gasteiger partial charge on any atom is 0.169 e. The van der Waals surface area contributed by atoms with Gasteiger partial charge in [-0.15, -0.1) is 0 Å². The van der Waals surface area contributed by atoms with Crippen LogP contribution in [0.2, 0.25) is 0 Å². The second-order valence-electron chi connectivity index (χ2n) is 5.88. The van der Waals surface area contributed by atoms with E-state index in [2.05, 4.69) is 45.7 Å². The van der Waals surface area contributed by atoms with E-state index in [9.17, 15) is 0 Å². The lowest BCUT2D eigenvalue weighted by atomic mass is 10.3. The Morgan fingerprint density at radius 3 is 2.62 bits per heavy atom. The van der Waals surface area contributed by atoms with E-state index < -0.39 is 0 Å². The molecule has 0 amide bonds. The third-order valence-electron chi connectivity index (χ3n) is 4.13. The van der Waals surface area contributed by atoms with Crippen molar-refractivity contribution in [2.24, 2.45) is 0 Å². The highest BCUT2D eigenvalue weighted by Gasteiger charge is 2.12. The summed E-state index contributed by atoms with van der Waals surface area (Å²) in [5.74, 6) is 1.79. The lowest BCUT2D eigenvalue weighted by Gasteiger charge is -2.07. The summed E-state index contributed by atoms with van der Waals surface area (Å²) in [5.41, 5.74) is 4.40. The Morgan fingerprint density at radius 1 is 1.00 bits per heavy atom. The van der Waals surface area contributed by atoms with Crippen molar-refractivity contribution >= 4 is 33.8 Å². The first kappa shape index (κ1) is 15.3. The number of aromatic nitrogens is 4. The topological polar surface area (TPSA) is 46.5 Å². The molecule has 0 aliphatic heterocycles. The highest BCUT2D eigenvalue weighted by molar-refractivity contribution is 7.98. The van der Waals surface area contributed by atoms with E-state index in [1.165, 1.54) is 18.4 Å². The van der Waals surface area contributed by atoms with Crippen LogP contribution in [0, 0.1) is 0 Å². The van der Waals surface area contributed by atoms with Crippen molar-refractivity contribution in [1.29, 1.82) is 0 Å². The molecule has 0 spiro atoms. The molecule has 24 heavy (non-hydrogen) atoms. The third kappa shape index (κ3) is 2.91. The van der Waals surface area contributed by atoms with E-state index in [0.29, 0.717) is 0 Å². The van der Waals surface area contributed by atoms with E-state index in [1.54, 1.807) is 11.8 Å². The van der Waals surface area contributed by atoms with Gasteiger partial charge in [-0.25, -0.2) is 9.97 Å². The van der Waals surface area contributed by atoms with Gasteiger partial charge in [0.15, 0.2) is 5.16 Å². The highest BCUT2D eigenvalue weighted by atomic mass is 32.2. The molecule has 4 aromatic rings. The fourth-order valence-corrected chi connectivity index (χ4v) is 3.81. The Kier molecular flexibility index (Phi) is 4.26. The van der Waals surface area contributed by atoms with Crippen molar-refractivity contribution in [1.82, 2.24) is 19.5 Å². The number of aryl methyl sites for hydroxylation is 1. The number of unbranched alkanes of at least 4 members (excludes halogenated alkanes) is 1. The average Bonchev–Trinajstić information content (AvgIpc) is 3.18. The number of fused-ring (bicyclic) bond motifs is 2. The molecule has 0 aliphatic rings. The summed E-state index contributed by atoms with van der Waals surface area (Å²) in [6, 6.07) is 16.5. The second kappa shape index (κ2) is 6.69. The van der Waals surface area contributed by atoms with Gasteiger partial charge >= 0.3 is 0 Å². The summed E-state index contributed by atoms with van der Waals surface area (Å²) in [5, 5.41) is 1.07. The van der Waals surface area contributed by atoms with E-state index in [4.69, 9.17) is 4.98 Å². The fraction of sp³-hybridized carbons (Fsp3) is 0.263. The minimum atomic E-state index is 0.796. The van der Waals surface area contributed by atoms with Crippen LogP contribution in [0.4, 0.5) is 0 Å². The maximum absolute atomic E-state index is 4.82. The molecule has 0 bridgehead atoms. The molecule has 4 rings (SSSR count). The number of H-pyrrole nitrogens is 1. The lowest BCUT2D eigenvalue weighted by molar-refractivity contribution is 0.601. The van der Waals surface area contributed by atoms with Crippen LogP contribution in [0.5, 0.6) is 0 Å². The number of hydrogen-bond acceptors (Lipinski definition) is 3. The summed E-state index contributed by atoms with van der Waals surface area (Å²) < 4.78 is 2.34. The normalized spacial score (nSPS) is 11.5. The summed E-state index contributed by atoms with van der Waals surface area (Å²) in [6.07, 6.45) is 2.35. The first-order valence-corrected chi connectivity index (χ1v) is 9.35. The Balaban J connectivity index is 1.61. The predicted molar refractivity (Wildman–Crippen MR) is 100 cm³/mol. The van der Waals surface area contributed by atoms with Gasteiger partial charge in [0.25, 0.3) is 0 Å². The minimum Gasteiger partial charge on any atom is -0.341 e. The molecule has 4 nitrogen and oxygen atoms in total. The summed E-state index contributed by atoms with van der Waals surface area (Å²) >= 11 is 1.75. The van der Waals surface area contributed by atoms with Crippen LogP contribution in [0.3, 0.4) is 0 Å². The van der Waals surface area contributed by atoms with Crippen molar-refractivity contribution in [2.45, 2.75) is 37.2 Å². The van der Waals surface area contributed by atoms with Crippen molar-refractivity contribution < 1.29 is 0 Å². The van der Waals surface area contributed by atoms with Gasteiger partial charge in [-0.2, -0.15) is 0 Å². The van der Waals surface area contributed by atoms with Gasteiger partial charge in [-0.3, -0.25) is 0 Å². The summed E-state index contributed by atoms with van der Waals surface area (Å²) in [7, 11) is 0. The number of imidazole rings is 2. The van der Waals surface area contributed by atoms with Gasteiger partial charge in [0.2, 0.25) is 0 Å². The molecule has 5 heteroatoms. The SMILES string of the molecule is CCCCn1c(SCc2nc3ccccc3[nH]2)nc2ccccc21. The number of aromatic amines is 1. The zero-order chi connectivity index (χ0) is 16.4. The molecule has 0 saturated heterocycles. The number of nitrogens with zero attached hydrogens (tertiary/aromatic N) is 3. The molecule has 2 heterocycles. The molecule has 122 valence electrons. The third-order valence-corrected chi connectivity index (χ3v) is 5.12. The van der Waals surface area contributed by atoms with Crippen LogP contribution < -0.4 is 0 Å². The maximum atomic E-state index is 4.82. The summed E-state index contributed by atoms with van der Waals surface area (Å²) in [6.45, 7) is 3.24. The van der Waals surface area contributed by atoms with Crippen molar-refractivity contribution in [3.8, 4) is 0 Å². The monoisotopic (exact) mass is 336 g/mol. The zero-order valence-corrected chi connectivity index (χ0v) is 14.5. The number of hydrogen-bond donors (Lipinski definition) is 1. The standard InChI is InChI=1S/C19H20N4S/c1-2-3-12-23-17-11-7-6-10-16(17)22-19(23)24-13-18-20-14-8-4-5-9-15(14)21-18/h4-11H,2-3,12-13H2,1H3,(H,20,21). The number of thioether (sulfide) groups is 1. The quantitative estimate of drug-likeness (QED) is 0.504. The van der Waals surface area contributed by atoms with E-state index >= 15 is 0 Å². The molecule has 0 aliphatic carbocycles. The Morgan fingerprint density at radius 2 is 1.79 bits per heavy atom. The molecule has 2 aromatic carbocycles. The Labute approximate surface area is 145 Å². The first-order chi connectivity index (χ1) is 11.8. The molecule has 2 aromatic heterocycles. The largest absolute Gasteiger partial charge is 0.341 e. The van der Waals surface area contributed by atoms with E-state index in [-0.39, 0.29) is 0 Å². The van der Waals surface area contributed by atoms with Gasteiger partial charge in [-0.05, 0) is 30.7 Å². The molecule has 0 radical (unpaired) electrons. The highest BCUT2D eigenvalue weighted by Crippen LogP contribution is 2.27. The molecule has 1 N–H and O–H groups in total. The molecule has 0 unspecified atom stereocenters. The van der Waals surface area contributed by atoms with Crippen LogP contribution in [-0.4, -0.2) is 19.5 Å². The predicted octanol–water partition coefficient (Wildman–Crippen LogP) is 5.01. The minimum absolute atomic E-state index is 0.796. The zero-order valence-electron chi connectivity index (χ0n) is 13.7. The molecule has 0 fully saturated rings. The lowest BCUT2D eigenvalue weighted by Crippen LogP contribution is -2.00. The molecule has 0 saturated carbocycles. The average molecular weight is 336 g/mol. The molecular formula is C19H20N4S. The van der Waals surface area contributed by atoms with Gasteiger partial charge in [0.05, 0.1) is 27.8 Å². The number of nitrogens with one attached hydrogen (secondary N) is 1. The van der Waals surface area contributed by atoms with Crippen LogP contribution >= 0.6 is 11.8 Å². The number of benzene rings is 2. The van der Waals surface area contributed by atoms with Crippen molar-refractivity contribution in [3.05, 3.63) is 54.4 Å². The second-order valence-corrected chi connectivity index (χ2v) is 6.82. The van der Waals surface area contributed by atoms with Crippen molar-refractivity contribution in [2.75, 3.05) is 0 Å². The first-order valence-electron chi connectivity index (χ1n) is 8.37. The summed E-state index contributed by atoms with van der Waals surface area (Å²) in [4.78, 5) is 12.9. The van der Waals surface area contributed by atoms with Gasteiger partial charge in [0.1, 0.15) is 5.82 Å². The van der Waals surface area contributed by atoms with Gasteiger partial charge in [0, 0.05) is 6.54 Å². The Hall–Kier alpha value is -2.27. The smallest absolute Gasteiger partial charge is 0.169 e. The molecule has 0 atom stereocenters. The molecular weight excluding hydrogens is 316 g/mol. The van der Waals surface area contributed by atoms with Crippen LogP contribution in [0.1, 0.15) is 25.6 Å². The van der Waals surface area contributed by atoms with Crippen LogP contribution in [0.15, 0.2) is 53.7 Å². The van der Waals surface area contributed by atoms with Gasteiger partial charge < -0.3 is 9.55 Å². The fourth-order valence-electron chi connectivity index (χ4n) is 2.90. The number of para-hydroxylation sites is 4. The van der Waals surface area contributed by atoms with E-state index in [1.807, 2.05) is 24.3 Å². The number of rotatable bonds is 6. The van der Waals surface area contributed by atoms with Crippen LogP contribution in [-0.2, 0) is 12.3 Å². The Bertz CT molecular complexity index is 937. The van der Waals surface area contributed by atoms with Gasteiger partial charge in [-0.1, -0.05) is 49.4 Å². The van der Waals surface area contributed by atoms with Crippen LogP contribution in [0.25, 0.3) is 22.1 Å². The van der Waals surface area contributed by atoms with E-state index in [0.717, 1.165) is 39.8 Å². The van der Waals surface area contributed by atoms with Crippen molar-refractivity contribution in [3.63, 3.8) is 0 Å².